The van der Waals surface area contributed by atoms with E-state index in [1.807, 2.05) is 0 Å². The molecule has 1 aromatic rings. The molecule has 0 radical (unpaired) electrons. The average Bonchev–Trinajstić information content (AvgIpc) is 2.93. The molecule has 1 aliphatic heterocycles. The molecule has 2 amide bonds. The van der Waals surface area contributed by atoms with Gasteiger partial charge in [-0.05, 0) is 27.7 Å². The number of carbonyl (C=O) groups is 2. The molecule has 0 saturated carbocycles. The number of aromatic nitrogens is 2. The summed E-state index contributed by atoms with van der Waals surface area (Å²) in [4.78, 5) is 27.4. The Morgan fingerprint density at radius 3 is 2.31 bits per heavy atom. The number of nitrogens with one attached hydrogen (secondary N) is 2. The predicted molar refractivity (Wildman–Crippen MR) is 93.0 cm³/mol. The lowest BCUT2D eigenvalue weighted by molar-refractivity contribution is -0.134. The topological polar surface area (TPSA) is 125 Å². The Hall–Kier alpha value is -2.14. The summed E-state index contributed by atoms with van der Waals surface area (Å²) in [6.45, 7) is 8.07. The first-order valence-electron chi connectivity index (χ1n) is 8.41. The smallest absolute Gasteiger partial charge is 0.409 e. The second-order valence-electron chi connectivity index (χ2n) is 6.12. The zero-order chi connectivity index (χ0) is 19.5. The van der Waals surface area contributed by atoms with E-state index in [-0.39, 0.29) is 10.8 Å². The minimum Gasteiger partial charge on any atom is -0.450 e. The van der Waals surface area contributed by atoms with Crippen LogP contribution in [-0.2, 0) is 19.6 Å². The predicted octanol–water partition coefficient (Wildman–Crippen LogP) is -0.00596. The molecule has 2 rings (SSSR count). The van der Waals surface area contributed by atoms with E-state index in [0.29, 0.717) is 44.2 Å². The van der Waals surface area contributed by atoms with Crippen LogP contribution in [0.4, 0.5) is 4.79 Å². The fraction of sp³-hybridized carbons (Fsp3) is 0.667. The zero-order valence-electron chi connectivity index (χ0n) is 15.4. The summed E-state index contributed by atoms with van der Waals surface area (Å²) in [5.74, 6) is -0.337. The highest BCUT2D eigenvalue weighted by Gasteiger charge is 2.31. The minimum atomic E-state index is -3.87. The number of ether oxygens (including phenoxy) is 1. The lowest BCUT2D eigenvalue weighted by Crippen LogP contribution is -2.55. The van der Waals surface area contributed by atoms with Gasteiger partial charge in [-0.3, -0.25) is 9.89 Å². The van der Waals surface area contributed by atoms with Crippen LogP contribution in [0, 0.1) is 13.8 Å². The third kappa shape index (κ3) is 4.33. The second-order valence-corrected chi connectivity index (χ2v) is 7.77. The van der Waals surface area contributed by atoms with Crippen LogP contribution in [0.25, 0.3) is 0 Å². The summed E-state index contributed by atoms with van der Waals surface area (Å²) in [7, 11) is -3.87. The molecule has 0 aliphatic carbocycles. The Kier molecular flexibility index (Phi) is 6.24. The SMILES string of the molecule is CCOC(=O)N1CCN(C(=O)[C@H](C)NS(=O)(=O)c2c(C)n[nH]c2C)CC1. The molecule has 1 atom stereocenters. The van der Waals surface area contributed by atoms with Gasteiger partial charge in [0.25, 0.3) is 0 Å². The van der Waals surface area contributed by atoms with Crippen molar-refractivity contribution < 1.29 is 22.7 Å². The molecule has 1 saturated heterocycles. The molecule has 0 aromatic carbocycles. The van der Waals surface area contributed by atoms with E-state index in [1.54, 1.807) is 20.8 Å². The minimum absolute atomic E-state index is 0.0595. The van der Waals surface area contributed by atoms with Crippen molar-refractivity contribution in [3.63, 3.8) is 0 Å². The number of hydrogen-bond donors (Lipinski definition) is 2. The van der Waals surface area contributed by atoms with Crippen molar-refractivity contribution in [2.45, 2.75) is 38.6 Å². The quantitative estimate of drug-likeness (QED) is 0.732. The lowest BCUT2D eigenvalue weighted by atomic mass is 10.2. The Bertz CT molecular complexity index is 748. The summed E-state index contributed by atoms with van der Waals surface area (Å²) in [5.41, 5.74) is 0.760. The van der Waals surface area contributed by atoms with Crippen molar-refractivity contribution in [3.05, 3.63) is 11.4 Å². The number of hydrogen-bond acceptors (Lipinski definition) is 6. The van der Waals surface area contributed by atoms with Gasteiger partial charge in [-0.2, -0.15) is 9.82 Å². The first-order chi connectivity index (χ1) is 12.2. The highest BCUT2D eigenvalue weighted by atomic mass is 32.2. The number of piperazine rings is 1. The number of aromatic amines is 1. The molecule has 10 nitrogen and oxygen atoms in total. The van der Waals surface area contributed by atoms with Gasteiger partial charge in [0.05, 0.1) is 24.0 Å². The third-order valence-electron chi connectivity index (χ3n) is 4.15. The third-order valence-corrected chi connectivity index (χ3v) is 5.95. The normalized spacial score (nSPS) is 16.5. The standard InChI is InChI=1S/C15H25N5O5S/c1-5-25-15(22)20-8-6-19(7-9-20)14(21)12(4)18-26(23,24)13-10(2)16-17-11(13)3/h12,18H,5-9H2,1-4H3,(H,16,17)/t12-/m0/s1. The zero-order valence-corrected chi connectivity index (χ0v) is 16.2. The van der Waals surface area contributed by atoms with E-state index in [2.05, 4.69) is 14.9 Å². The van der Waals surface area contributed by atoms with Crippen LogP contribution >= 0.6 is 0 Å². The van der Waals surface area contributed by atoms with E-state index >= 15 is 0 Å². The van der Waals surface area contributed by atoms with Crippen molar-refractivity contribution in [3.8, 4) is 0 Å². The molecule has 11 heteroatoms. The number of rotatable bonds is 5. The summed E-state index contributed by atoms with van der Waals surface area (Å²) in [6.07, 6.45) is -0.403. The van der Waals surface area contributed by atoms with Crippen molar-refractivity contribution in [1.29, 1.82) is 0 Å². The molecular formula is C15H25N5O5S. The Labute approximate surface area is 152 Å². The number of carbonyl (C=O) groups excluding carboxylic acids is 2. The fourth-order valence-electron chi connectivity index (χ4n) is 2.88. The van der Waals surface area contributed by atoms with Gasteiger partial charge in [-0.25, -0.2) is 13.2 Å². The molecule has 1 fully saturated rings. The number of sulfonamides is 1. The summed E-state index contributed by atoms with van der Waals surface area (Å²) < 4.78 is 32.4. The number of H-pyrrole nitrogens is 1. The van der Waals surface area contributed by atoms with Gasteiger partial charge in [0.2, 0.25) is 15.9 Å². The average molecular weight is 387 g/mol. The second kappa shape index (κ2) is 8.04. The van der Waals surface area contributed by atoms with Crippen LogP contribution in [0.15, 0.2) is 4.90 Å². The van der Waals surface area contributed by atoms with E-state index in [1.165, 1.54) is 16.7 Å². The maximum absolute atomic E-state index is 12.6. The molecule has 2 N–H and O–H groups in total. The van der Waals surface area contributed by atoms with Gasteiger partial charge in [-0.1, -0.05) is 0 Å². The van der Waals surface area contributed by atoms with Gasteiger partial charge in [0.15, 0.2) is 0 Å². The highest BCUT2D eigenvalue weighted by Crippen LogP contribution is 2.17. The van der Waals surface area contributed by atoms with E-state index < -0.39 is 22.2 Å². The van der Waals surface area contributed by atoms with Gasteiger partial charge in [0.1, 0.15) is 4.90 Å². The van der Waals surface area contributed by atoms with Crippen molar-refractivity contribution in [2.75, 3.05) is 32.8 Å². The first kappa shape index (κ1) is 20.2. The van der Waals surface area contributed by atoms with E-state index in [9.17, 15) is 18.0 Å². The molecular weight excluding hydrogens is 362 g/mol. The lowest BCUT2D eigenvalue weighted by Gasteiger charge is -2.35. The van der Waals surface area contributed by atoms with Crippen molar-refractivity contribution >= 4 is 22.0 Å². The van der Waals surface area contributed by atoms with E-state index in [4.69, 9.17) is 4.74 Å². The molecule has 0 bridgehead atoms. The Balaban J connectivity index is 1.97. The van der Waals surface area contributed by atoms with Crippen molar-refractivity contribution in [2.24, 2.45) is 0 Å². The van der Waals surface area contributed by atoms with Crippen LogP contribution in [0.5, 0.6) is 0 Å². The van der Waals surface area contributed by atoms with Crippen LogP contribution in [-0.4, -0.2) is 79.2 Å². The number of aryl methyl sites for hydroxylation is 2. The highest BCUT2D eigenvalue weighted by molar-refractivity contribution is 7.89. The van der Waals surface area contributed by atoms with Gasteiger partial charge in [0, 0.05) is 26.2 Å². The maximum Gasteiger partial charge on any atom is 0.409 e. The fourth-order valence-corrected chi connectivity index (χ4v) is 4.44. The molecule has 0 unspecified atom stereocenters. The molecule has 0 spiro atoms. The summed E-state index contributed by atoms with van der Waals surface area (Å²) in [6, 6.07) is -0.928. The van der Waals surface area contributed by atoms with E-state index in [0.717, 1.165) is 0 Å². The summed E-state index contributed by atoms with van der Waals surface area (Å²) >= 11 is 0. The van der Waals surface area contributed by atoms with Crippen molar-refractivity contribution in [1.82, 2.24) is 24.7 Å². The van der Waals surface area contributed by atoms with Gasteiger partial charge >= 0.3 is 6.09 Å². The molecule has 2 heterocycles. The summed E-state index contributed by atoms with van der Waals surface area (Å²) in [5, 5.41) is 6.50. The molecule has 146 valence electrons. The number of nitrogens with zero attached hydrogens (tertiary/aromatic N) is 3. The van der Waals surface area contributed by atoms with Gasteiger partial charge in [-0.15, -0.1) is 0 Å². The molecule has 1 aliphatic rings. The van der Waals surface area contributed by atoms with Crippen LogP contribution in [0.3, 0.4) is 0 Å². The molecule has 1 aromatic heterocycles. The monoisotopic (exact) mass is 387 g/mol. The Morgan fingerprint density at radius 1 is 1.23 bits per heavy atom. The Morgan fingerprint density at radius 2 is 1.81 bits per heavy atom. The number of amides is 2. The van der Waals surface area contributed by atoms with Crippen LogP contribution in [0.1, 0.15) is 25.2 Å². The van der Waals surface area contributed by atoms with Crippen LogP contribution < -0.4 is 4.72 Å². The maximum atomic E-state index is 12.6. The largest absolute Gasteiger partial charge is 0.450 e. The van der Waals surface area contributed by atoms with Crippen LogP contribution in [0.2, 0.25) is 0 Å². The first-order valence-corrected chi connectivity index (χ1v) is 9.90. The molecule has 26 heavy (non-hydrogen) atoms. The van der Waals surface area contributed by atoms with Gasteiger partial charge < -0.3 is 14.5 Å².